The van der Waals surface area contributed by atoms with Gasteiger partial charge in [-0.3, -0.25) is 9.69 Å². The zero-order valence-corrected chi connectivity index (χ0v) is 21.4. The molecule has 1 aliphatic rings. The molecule has 1 amide bonds. The first-order valence-corrected chi connectivity index (χ1v) is 14.0. The molecule has 1 aromatic heterocycles. The number of anilines is 1. The fourth-order valence-electron chi connectivity index (χ4n) is 4.21. The molecular formula is C28H28N4O4S. The fourth-order valence-corrected chi connectivity index (χ4v) is 5.48. The van der Waals surface area contributed by atoms with Crippen LogP contribution in [0.15, 0.2) is 77.3 Å². The quantitative estimate of drug-likeness (QED) is 0.394. The lowest BCUT2D eigenvalue weighted by atomic mass is 10.1. The third kappa shape index (κ3) is 6.49. The van der Waals surface area contributed by atoms with Gasteiger partial charge in [-0.25, -0.2) is 8.42 Å². The first-order valence-electron chi connectivity index (χ1n) is 12.1. The molecule has 2 heterocycles. The van der Waals surface area contributed by atoms with Crippen LogP contribution in [0.2, 0.25) is 0 Å². The summed E-state index contributed by atoms with van der Waals surface area (Å²) in [4.78, 5) is 19.5. The second-order valence-corrected chi connectivity index (χ2v) is 11.6. The summed E-state index contributed by atoms with van der Waals surface area (Å²) < 4.78 is 28.7. The van der Waals surface area contributed by atoms with Gasteiger partial charge in [-0.1, -0.05) is 47.1 Å². The highest BCUT2D eigenvalue weighted by molar-refractivity contribution is 7.91. The molecule has 5 rings (SSSR count). The van der Waals surface area contributed by atoms with Gasteiger partial charge in [0.05, 0.1) is 17.9 Å². The number of aryl methyl sites for hydroxylation is 1. The number of benzene rings is 3. The van der Waals surface area contributed by atoms with Crippen LogP contribution in [0, 0.1) is 6.92 Å². The Hall–Kier alpha value is -3.82. The van der Waals surface area contributed by atoms with Crippen LogP contribution in [-0.2, 0) is 22.8 Å². The summed E-state index contributed by atoms with van der Waals surface area (Å²) in [6.07, 6.45) is 0.567. The van der Waals surface area contributed by atoms with Crippen LogP contribution in [0.25, 0.3) is 11.4 Å². The Kier molecular flexibility index (Phi) is 7.16. The number of hydrogen-bond acceptors (Lipinski definition) is 7. The van der Waals surface area contributed by atoms with Gasteiger partial charge in [0.25, 0.3) is 5.91 Å². The average Bonchev–Trinajstić information content (AvgIpc) is 3.36. The minimum Gasteiger partial charge on any atom is -0.339 e. The van der Waals surface area contributed by atoms with Crippen molar-refractivity contribution in [3.05, 3.63) is 101 Å². The maximum Gasteiger partial charge on any atom is 0.255 e. The highest BCUT2D eigenvalue weighted by atomic mass is 32.2. The Balaban J connectivity index is 1.19. The van der Waals surface area contributed by atoms with Gasteiger partial charge in [0.1, 0.15) is 0 Å². The highest BCUT2D eigenvalue weighted by Crippen LogP contribution is 2.21. The third-order valence-corrected chi connectivity index (χ3v) is 7.99. The predicted molar refractivity (Wildman–Crippen MR) is 142 cm³/mol. The second kappa shape index (κ2) is 10.7. The molecule has 9 heteroatoms. The summed E-state index contributed by atoms with van der Waals surface area (Å²) in [5.74, 6) is 1.19. The number of hydrogen-bond donors (Lipinski definition) is 1. The van der Waals surface area contributed by atoms with Crippen molar-refractivity contribution in [2.45, 2.75) is 19.9 Å². The Morgan fingerprint density at radius 1 is 0.973 bits per heavy atom. The summed E-state index contributed by atoms with van der Waals surface area (Å²) in [6.45, 7) is 3.69. The Labute approximate surface area is 216 Å². The van der Waals surface area contributed by atoms with Crippen LogP contribution in [0.3, 0.4) is 0 Å². The van der Waals surface area contributed by atoms with E-state index < -0.39 is 9.84 Å². The minimum atomic E-state index is -2.92. The molecule has 0 saturated carbocycles. The predicted octanol–water partition coefficient (Wildman–Crippen LogP) is 4.12. The zero-order valence-electron chi connectivity index (χ0n) is 20.6. The highest BCUT2D eigenvalue weighted by Gasteiger charge is 2.21. The van der Waals surface area contributed by atoms with Crippen LogP contribution >= 0.6 is 0 Å². The molecule has 37 heavy (non-hydrogen) atoms. The molecule has 0 unspecified atom stereocenters. The molecule has 0 radical (unpaired) electrons. The van der Waals surface area contributed by atoms with E-state index in [0.29, 0.717) is 49.0 Å². The van der Waals surface area contributed by atoms with Gasteiger partial charge in [-0.15, -0.1) is 0 Å². The van der Waals surface area contributed by atoms with E-state index in [9.17, 15) is 13.2 Å². The smallest absolute Gasteiger partial charge is 0.255 e. The number of carbonyl (C=O) groups is 1. The number of aromatic nitrogens is 2. The molecule has 1 saturated heterocycles. The van der Waals surface area contributed by atoms with Gasteiger partial charge in [-0.05, 0) is 54.4 Å². The van der Waals surface area contributed by atoms with E-state index in [2.05, 4.69) is 32.5 Å². The van der Waals surface area contributed by atoms with Crippen molar-refractivity contribution in [1.82, 2.24) is 15.0 Å². The van der Waals surface area contributed by atoms with E-state index in [1.54, 1.807) is 18.2 Å². The second-order valence-electron chi connectivity index (χ2n) is 9.33. The standard InChI is InChI=1S/C28H28N4O4S/c1-20-5-7-21(8-6-20)18-26-30-27(31-36-26)23-9-11-25(12-10-23)29-28(33)24-4-2-3-22(17-24)19-32-13-15-37(34,35)16-14-32/h2-12,17H,13-16,18-19H2,1H3,(H,29,33). The van der Waals surface area contributed by atoms with Crippen molar-refractivity contribution in [2.75, 3.05) is 29.9 Å². The molecule has 1 N–H and O–H groups in total. The van der Waals surface area contributed by atoms with Gasteiger partial charge in [0.2, 0.25) is 11.7 Å². The van der Waals surface area contributed by atoms with Crippen LogP contribution in [0.5, 0.6) is 0 Å². The van der Waals surface area contributed by atoms with E-state index in [-0.39, 0.29) is 17.4 Å². The number of amides is 1. The average molecular weight is 517 g/mol. The molecule has 1 fully saturated rings. The number of rotatable bonds is 7. The maximum absolute atomic E-state index is 12.9. The zero-order chi connectivity index (χ0) is 25.8. The van der Waals surface area contributed by atoms with Gasteiger partial charge < -0.3 is 9.84 Å². The van der Waals surface area contributed by atoms with Crippen molar-refractivity contribution in [1.29, 1.82) is 0 Å². The lowest BCUT2D eigenvalue weighted by molar-refractivity contribution is 0.102. The number of sulfone groups is 1. The van der Waals surface area contributed by atoms with Crippen molar-refractivity contribution in [2.24, 2.45) is 0 Å². The summed E-state index contributed by atoms with van der Waals surface area (Å²) in [5, 5.41) is 7.02. The molecule has 1 aliphatic heterocycles. The molecule has 0 atom stereocenters. The molecule has 8 nitrogen and oxygen atoms in total. The lowest BCUT2D eigenvalue weighted by Gasteiger charge is -2.26. The summed E-state index contributed by atoms with van der Waals surface area (Å²) in [6, 6.07) is 22.9. The topological polar surface area (TPSA) is 105 Å². The van der Waals surface area contributed by atoms with E-state index in [1.165, 1.54) is 5.56 Å². The van der Waals surface area contributed by atoms with Crippen molar-refractivity contribution < 1.29 is 17.7 Å². The molecule has 0 spiro atoms. The van der Waals surface area contributed by atoms with Gasteiger partial charge in [0, 0.05) is 36.4 Å². The molecule has 3 aromatic carbocycles. The van der Waals surface area contributed by atoms with Crippen molar-refractivity contribution in [3.8, 4) is 11.4 Å². The number of carbonyl (C=O) groups excluding carboxylic acids is 1. The molecule has 0 aliphatic carbocycles. The van der Waals surface area contributed by atoms with E-state index in [0.717, 1.165) is 16.7 Å². The minimum absolute atomic E-state index is 0.182. The summed E-state index contributed by atoms with van der Waals surface area (Å²) in [5.41, 5.74) is 5.27. The number of nitrogens with one attached hydrogen (secondary N) is 1. The molecule has 4 aromatic rings. The van der Waals surface area contributed by atoms with Gasteiger partial charge in [0.15, 0.2) is 9.84 Å². The largest absolute Gasteiger partial charge is 0.339 e. The molecular weight excluding hydrogens is 488 g/mol. The molecule has 0 bridgehead atoms. The van der Waals surface area contributed by atoms with Gasteiger partial charge in [-0.2, -0.15) is 4.98 Å². The Morgan fingerprint density at radius 2 is 1.70 bits per heavy atom. The van der Waals surface area contributed by atoms with Crippen LogP contribution in [-0.4, -0.2) is 54.0 Å². The SMILES string of the molecule is Cc1ccc(Cc2nc(-c3ccc(NC(=O)c4cccc(CN5CCS(=O)(=O)CC5)c4)cc3)no2)cc1. The lowest BCUT2D eigenvalue weighted by Crippen LogP contribution is -2.39. The summed E-state index contributed by atoms with van der Waals surface area (Å²) in [7, 11) is -2.92. The van der Waals surface area contributed by atoms with Crippen molar-refractivity contribution in [3.63, 3.8) is 0 Å². The first-order chi connectivity index (χ1) is 17.8. The molecule has 190 valence electrons. The third-order valence-electron chi connectivity index (χ3n) is 6.38. The van der Waals surface area contributed by atoms with Gasteiger partial charge >= 0.3 is 0 Å². The Bertz CT molecular complexity index is 1480. The van der Waals surface area contributed by atoms with Crippen molar-refractivity contribution >= 4 is 21.4 Å². The van der Waals surface area contributed by atoms with E-state index in [4.69, 9.17) is 4.52 Å². The van der Waals surface area contributed by atoms with Crippen LogP contribution in [0.4, 0.5) is 5.69 Å². The van der Waals surface area contributed by atoms with E-state index >= 15 is 0 Å². The fraction of sp³-hybridized carbons (Fsp3) is 0.250. The van der Waals surface area contributed by atoms with Crippen LogP contribution in [0.1, 0.15) is 32.9 Å². The maximum atomic E-state index is 12.9. The monoisotopic (exact) mass is 516 g/mol. The number of nitrogens with zero attached hydrogens (tertiary/aromatic N) is 3. The Morgan fingerprint density at radius 3 is 2.43 bits per heavy atom. The normalized spacial score (nSPS) is 15.4. The first kappa shape index (κ1) is 24.9. The summed E-state index contributed by atoms with van der Waals surface area (Å²) >= 11 is 0. The van der Waals surface area contributed by atoms with Crippen LogP contribution < -0.4 is 5.32 Å². The van der Waals surface area contributed by atoms with E-state index in [1.807, 2.05) is 49.4 Å².